The van der Waals surface area contributed by atoms with Gasteiger partial charge in [-0.1, -0.05) is 0 Å². The van der Waals surface area contributed by atoms with Crippen molar-refractivity contribution in [3.63, 3.8) is 0 Å². The summed E-state index contributed by atoms with van der Waals surface area (Å²) in [5, 5.41) is 8.71. The third-order valence-corrected chi connectivity index (χ3v) is 2.63. The van der Waals surface area contributed by atoms with Crippen molar-refractivity contribution >= 4 is 15.9 Å². The molecule has 0 atom stereocenters. The lowest BCUT2D eigenvalue weighted by molar-refractivity contribution is 0.269. The minimum absolute atomic E-state index is 0.373. The Morgan fingerprint density at radius 2 is 2.25 bits per heavy atom. The van der Waals surface area contributed by atoms with Crippen LogP contribution in [0, 0.1) is 11.3 Å². The Morgan fingerprint density at radius 3 is 2.88 bits per heavy atom. The summed E-state index contributed by atoms with van der Waals surface area (Å²) in [6.45, 7) is 0.373. The van der Waals surface area contributed by atoms with Crippen molar-refractivity contribution in [1.29, 1.82) is 5.26 Å². The van der Waals surface area contributed by atoms with Crippen LogP contribution in [0.4, 0.5) is 0 Å². The first-order chi connectivity index (χ1) is 7.79. The van der Waals surface area contributed by atoms with Gasteiger partial charge >= 0.3 is 0 Å². The van der Waals surface area contributed by atoms with Gasteiger partial charge in [-0.2, -0.15) is 5.26 Å². The molecule has 0 amide bonds. The number of rotatable bonds is 3. The predicted molar refractivity (Wildman–Crippen MR) is 61.9 cm³/mol. The van der Waals surface area contributed by atoms with Crippen LogP contribution in [0.15, 0.2) is 45.5 Å². The largest absolute Gasteiger partial charge is 0.484 e. The van der Waals surface area contributed by atoms with E-state index in [9.17, 15) is 0 Å². The highest BCUT2D eigenvalue weighted by molar-refractivity contribution is 9.10. The van der Waals surface area contributed by atoms with Crippen LogP contribution in [-0.4, -0.2) is 0 Å². The molecule has 0 unspecified atom stereocenters. The fraction of sp³-hybridized carbons (Fsp3) is 0.0833. The number of furan rings is 1. The molecule has 2 rings (SSSR count). The van der Waals surface area contributed by atoms with E-state index in [1.165, 1.54) is 0 Å². The van der Waals surface area contributed by atoms with Gasteiger partial charge in [0.1, 0.15) is 18.1 Å². The van der Waals surface area contributed by atoms with Crippen LogP contribution in [0.1, 0.15) is 11.3 Å². The van der Waals surface area contributed by atoms with E-state index < -0.39 is 0 Å². The Labute approximate surface area is 101 Å². The van der Waals surface area contributed by atoms with Gasteiger partial charge in [0.15, 0.2) is 0 Å². The van der Waals surface area contributed by atoms with Gasteiger partial charge < -0.3 is 9.15 Å². The molecule has 0 spiro atoms. The number of hydrogen-bond acceptors (Lipinski definition) is 3. The number of benzene rings is 1. The van der Waals surface area contributed by atoms with Crippen molar-refractivity contribution in [3.8, 4) is 11.8 Å². The van der Waals surface area contributed by atoms with E-state index in [0.717, 1.165) is 10.2 Å². The third kappa shape index (κ3) is 2.44. The quantitative estimate of drug-likeness (QED) is 0.863. The smallest absolute Gasteiger partial charge is 0.146 e. The highest BCUT2D eigenvalue weighted by Crippen LogP contribution is 2.26. The normalized spacial score (nSPS) is 9.75. The van der Waals surface area contributed by atoms with Crippen molar-refractivity contribution < 1.29 is 9.15 Å². The Hall–Kier alpha value is -1.73. The molecule has 0 saturated heterocycles. The molecule has 0 radical (unpaired) electrons. The fourth-order valence-electron chi connectivity index (χ4n) is 1.23. The molecule has 0 N–H and O–H groups in total. The topological polar surface area (TPSA) is 46.2 Å². The van der Waals surface area contributed by atoms with Gasteiger partial charge in [-0.3, -0.25) is 0 Å². The summed E-state index contributed by atoms with van der Waals surface area (Å²) in [5.74, 6) is 1.45. The van der Waals surface area contributed by atoms with E-state index >= 15 is 0 Å². The van der Waals surface area contributed by atoms with E-state index in [0.29, 0.717) is 17.9 Å². The van der Waals surface area contributed by atoms with Gasteiger partial charge in [0.2, 0.25) is 0 Å². The van der Waals surface area contributed by atoms with Crippen LogP contribution in [-0.2, 0) is 6.61 Å². The molecule has 80 valence electrons. The molecule has 0 aliphatic rings. The highest BCUT2D eigenvalue weighted by atomic mass is 79.9. The Balaban J connectivity index is 2.08. The summed E-state index contributed by atoms with van der Waals surface area (Å²) in [6.07, 6.45) is 1.60. The molecule has 0 bridgehead atoms. The minimum atomic E-state index is 0.373. The van der Waals surface area contributed by atoms with Gasteiger partial charge in [-0.25, -0.2) is 0 Å². The molecule has 16 heavy (non-hydrogen) atoms. The Bertz CT molecular complexity index is 514. The van der Waals surface area contributed by atoms with E-state index in [1.807, 2.05) is 12.1 Å². The number of ether oxygens (including phenoxy) is 1. The summed E-state index contributed by atoms with van der Waals surface area (Å²) in [6, 6.07) is 10.9. The van der Waals surface area contributed by atoms with Crippen molar-refractivity contribution in [2.24, 2.45) is 0 Å². The summed E-state index contributed by atoms with van der Waals surface area (Å²) in [7, 11) is 0. The van der Waals surface area contributed by atoms with Crippen LogP contribution in [0.2, 0.25) is 0 Å². The van der Waals surface area contributed by atoms with Crippen LogP contribution in [0.5, 0.6) is 5.75 Å². The summed E-state index contributed by atoms with van der Waals surface area (Å²) in [5.41, 5.74) is 0.595. The molecular weight excluding hydrogens is 270 g/mol. The first-order valence-electron chi connectivity index (χ1n) is 4.64. The number of nitriles is 1. The van der Waals surface area contributed by atoms with Crippen LogP contribution >= 0.6 is 15.9 Å². The maximum absolute atomic E-state index is 8.71. The standard InChI is InChI=1S/C12H8BrNO2/c13-11-6-9(7-14)3-4-12(11)16-8-10-2-1-5-15-10/h1-6H,8H2. The van der Waals surface area contributed by atoms with Crippen molar-refractivity contribution in [2.45, 2.75) is 6.61 Å². The third-order valence-electron chi connectivity index (χ3n) is 2.01. The molecule has 0 saturated carbocycles. The maximum Gasteiger partial charge on any atom is 0.146 e. The van der Waals surface area contributed by atoms with Crippen LogP contribution in [0.3, 0.4) is 0 Å². The van der Waals surface area contributed by atoms with Crippen LogP contribution < -0.4 is 4.74 Å². The van der Waals surface area contributed by atoms with E-state index in [1.54, 1.807) is 24.5 Å². The zero-order valence-electron chi connectivity index (χ0n) is 8.31. The molecule has 0 aliphatic heterocycles. The number of nitrogens with zero attached hydrogens (tertiary/aromatic N) is 1. The van der Waals surface area contributed by atoms with E-state index in [4.69, 9.17) is 14.4 Å². The lowest BCUT2D eigenvalue weighted by atomic mass is 10.2. The molecule has 1 aromatic carbocycles. The molecule has 4 heteroatoms. The molecular formula is C12H8BrNO2. The van der Waals surface area contributed by atoms with Crippen molar-refractivity contribution in [3.05, 3.63) is 52.4 Å². The number of hydrogen-bond donors (Lipinski definition) is 0. The van der Waals surface area contributed by atoms with E-state index in [-0.39, 0.29) is 0 Å². The Morgan fingerprint density at radius 1 is 1.38 bits per heavy atom. The summed E-state index contributed by atoms with van der Waals surface area (Å²) in [4.78, 5) is 0. The van der Waals surface area contributed by atoms with Gasteiger partial charge in [0.05, 0.1) is 22.4 Å². The first kappa shape index (κ1) is 10.8. The molecule has 1 aromatic heterocycles. The van der Waals surface area contributed by atoms with Crippen molar-refractivity contribution in [1.82, 2.24) is 0 Å². The van der Waals surface area contributed by atoms with Gasteiger partial charge in [0.25, 0.3) is 0 Å². The van der Waals surface area contributed by atoms with E-state index in [2.05, 4.69) is 22.0 Å². The lowest BCUT2D eigenvalue weighted by Gasteiger charge is -2.06. The molecule has 2 aromatic rings. The SMILES string of the molecule is N#Cc1ccc(OCc2ccco2)c(Br)c1. The lowest BCUT2D eigenvalue weighted by Crippen LogP contribution is -1.94. The van der Waals surface area contributed by atoms with Gasteiger partial charge in [-0.15, -0.1) is 0 Å². The second-order valence-corrected chi connectivity index (χ2v) is 3.98. The summed E-state index contributed by atoms with van der Waals surface area (Å²) >= 11 is 3.35. The Kier molecular flexibility index (Phi) is 3.28. The highest BCUT2D eigenvalue weighted by Gasteiger charge is 2.03. The average molecular weight is 278 g/mol. The van der Waals surface area contributed by atoms with Gasteiger partial charge in [0, 0.05) is 0 Å². The van der Waals surface area contributed by atoms with Crippen molar-refractivity contribution in [2.75, 3.05) is 0 Å². The predicted octanol–water partition coefficient (Wildman–Crippen LogP) is 3.49. The molecule has 0 fully saturated rings. The zero-order chi connectivity index (χ0) is 11.4. The molecule has 1 heterocycles. The van der Waals surface area contributed by atoms with Crippen LogP contribution in [0.25, 0.3) is 0 Å². The molecule has 3 nitrogen and oxygen atoms in total. The maximum atomic E-state index is 8.71. The minimum Gasteiger partial charge on any atom is -0.484 e. The number of halogens is 1. The fourth-order valence-corrected chi connectivity index (χ4v) is 1.72. The summed E-state index contributed by atoms with van der Waals surface area (Å²) < 4.78 is 11.4. The van der Waals surface area contributed by atoms with Gasteiger partial charge in [-0.05, 0) is 46.3 Å². The average Bonchev–Trinajstić information content (AvgIpc) is 2.80. The second kappa shape index (κ2) is 4.86. The molecule has 0 aliphatic carbocycles. The first-order valence-corrected chi connectivity index (χ1v) is 5.44. The zero-order valence-corrected chi connectivity index (χ0v) is 9.90. The monoisotopic (exact) mass is 277 g/mol. The second-order valence-electron chi connectivity index (χ2n) is 3.13.